The van der Waals surface area contributed by atoms with Crippen molar-refractivity contribution in [1.82, 2.24) is 0 Å². The first-order chi connectivity index (χ1) is 10.3. The molecule has 0 aliphatic heterocycles. The molecule has 0 N–H and O–H groups in total. The standard InChI is InChI=1S/C18H16N2O/c1-2-12-21-20-18(17-6-4-3-5-7-17)13-15-8-10-16(14-19)11-9-15/h2-11H,1,12-13H2/b20-18+. The van der Waals surface area contributed by atoms with Gasteiger partial charge in [-0.25, -0.2) is 0 Å². The number of rotatable bonds is 6. The van der Waals surface area contributed by atoms with Crippen molar-refractivity contribution in [3.63, 3.8) is 0 Å². The quantitative estimate of drug-likeness (QED) is 0.349. The molecule has 0 aliphatic rings. The third-order valence-corrected chi connectivity index (χ3v) is 2.93. The van der Waals surface area contributed by atoms with Crippen LogP contribution in [0.5, 0.6) is 0 Å². The summed E-state index contributed by atoms with van der Waals surface area (Å²) in [6.45, 7) is 3.99. The molecule has 21 heavy (non-hydrogen) atoms. The fourth-order valence-corrected chi connectivity index (χ4v) is 1.88. The van der Waals surface area contributed by atoms with Crippen molar-refractivity contribution < 1.29 is 4.84 Å². The van der Waals surface area contributed by atoms with Crippen molar-refractivity contribution in [3.8, 4) is 6.07 Å². The zero-order chi connectivity index (χ0) is 14.9. The van der Waals surface area contributed by atoms with Crippen LogP contribution in [-0.2, 0) is 11.3 Å². The predicted octanol–water partition coefficient (Wildman–Crippen LogP) is 3.71. The molecular weight excluding hydrogens is 260 g/mol. The van der Waals surface area contributed by atoms with Crippen LogP contribution in [0.2, 0.25) is 0 Å². The van der Waals surface area contributed by atoms with E-state index in [1.807, 2.05) is 54.6 Å². The normalized spacial score (nSPS) is 10.7. The van der Waals surface area contributed by atoms with Gasteiger partial charge in [0, 0.05) is 6.42 Å². The molecule has 2 rings (SSSR count). The van der Waals surface area contributed by atoms with E-state index in [9.17, 15) is 0 Å². The highest BCUT2D eigenvalue weighted by molar-refractivity contribution is 6.01. The van der Waals surface area contributed by atoms with Crippen LogP contribution < -0.4 is 0 Å². The summed E-state index contributed by atoms with van der Waals surface area (Å²) in [6.07, 6.45) is 2.31. The molecule has 0 atom stereocenters. The molecule has 0 saturated carbocycles. The van der Waals surface area contributed by atoms with Gasteiger partial charge < -0.3 is 4.84 Å². The third-order valence-electron chi connectivity index (χ3n) is 2.93. The first-order valence-corrected chi connectivity index (χ1v) is 6.67. The van der Waals surface area contributed by atoms with Gasteiger partial charge in [0.2, 0.25) is 0 Å². The van der Waals surface area contributed by atoms with E-state index >= 15 is 0 Å². The topological polar surface area (TPSA) is 45.4 Å². The number of oxime groups is 1. The van der Waals surface area contributed by atoms with Crippen molar-refractivity contribution in [2.75, 3.05) is 6.61 Å². The summed E-state index contributed by atoms with van der Waals surface area (Å²) in [5.74, 6) is 0. The summed E-state index contributed by atoms with van der Waals surface area (Å²) >= 11 is 0. The highest BCUT2D eigenvalue weighted by Gasteiger charge is 2.06. The Bertz CT molecular complexity index is 652. The van der Waals surface area contributed by atoms with Crippen LogP contribution >= 0.6 is 0 Å². The first-order valence-electron chi connectivity index (χ1n) is 6.67. The molecule has 0 amide bonds. The van der Waals surface area contributed by atoms with Gasteiger partial charge in [0.05, 0.1) is 17.3 Å². The second-order valence-electron chi connectivity index (χ2n) is 4.47. The maximum absolute atomic E-state index is 8.83. The molecule has 0 aliphatic carbocycles. The summed E-state index contributed by atoms with van der Waals surface area (Å²) in [4.78, 5) is 5.23. The maximum atomic E-state index is 8.83. The van der Waals surface area contributed by atoms with Gasteiger partial charge in [0.15, 0.2) is 0 Å². The number of hydrogen-bond acceptors (Lipinski definition) is 3. The van der Waals surface area contributed by atoms with E-state index in [4.69, 9.17) is 10.1 Å². The van der Waals surface area contributed by atoms with Crippen LogP contribution in [0.4, 0.5) is 0 Å². The zero-order valence-electron chi connectivity index (χ0n) is 11.7. The molecule has 3 heteroatoms. The maximum Gasteiger partial charge on any atom is 0.135 e. The van der Waals surface area contributed by atoms with Crippen molar-refractivity contribution in [2.45, 2.75) is 6.42 Å². The Morgan fingerprint density at radius 3 is 2.48 bits per heavy atom. The van der Waals surface area contributed by atoms with Gasteiger partial charge in [-0.05, 0) is 23.3 Å². The molecule has 0 aromatic heterocycles. The average Bonchev–Trinajstić information content (AvgIpc) is 2.55. The molecule has 0 radical (unpaired) electrons. The van der Waals surface area contributed by atoms with Gasteiger partial charge in [0.25, 0.3) is 0 Å². The molecule has 0 spiro atoms. The third kappa shape index (κ3) is 4.32. The lowest BCUT2D eigenvalue weighted by atomic mass is 10.0. The minimum absolute atomic E-state index is 0.379. The number of hydrogen-bond donors (Lipinski definition) is 0. The molecule has 0 fully saturated rings. The summed E-state index contributed by atoms with van der Waals surface area (Å²) in [5.41, 5.74) is 3.60. The fraction of sp³-hybridized carbons (Fsp3) is 0.111. The van der Waals surface area contributed by atoms with E-state index in [1.54, 1.807) is 6.08 Å². The molecule has 0 heterocycles. The van der Waals surface area contributed by atoms with Crippen molar-refractivity contribution in [1.29, 1.82) is 5.26 Å². The Labute approximate surface area is 124 Å². The van der Waals surface area contributed by atoms with E-state index in [0.717, 1.165) is 16.8 Å². The van der Waals surface area contributed by atoms with Gasteiger partial charge in [0.1, 0.15) is 6.61 Å². The molecule has 0 bridgehead atoms. The smallest absolute Gasteiger partial charge is 0.135 e. The first kappa shape index (κ1) is 14.5. The highest BCUT2D eigenvalue weighted by Crippen LogP contribution is 2.10. The van der Waals surface area contributed by atoms with E-state index in [0.29, 0.717) is 18.6 Å². The molecule has 2 aromatic carbocycles. The second-order valence-corrected chi connectivity index (χ2v) is 4.47. The molecule has 104 valence electrons. The monoisotopic (exact) mass is 276 g/mol. The van der Waals surface area contributed by atoms with Crippen LogP contribution in [-0.4, -0.2) is 12.3 Å². The highest BCUT2D eigenvalue weighted by atomic mass is 16.6. The molecular formula is C18H16N2O. The van der Waals surface area contributed by atoms with E-state index in [-0.39, 0.29) is 0 Å². The molecule has 3 nitrogen and oxygen atoms in total. The molecule has 0 unspecified atom stereocenters. The molecule has 0 saturated heterocycles. The van der Waals surface area contributed by atoms with Crippen LogP contribution in [0, 0.1) is 11.3 Å². The Hall–Kier alpha value is -2.86. The summed E-state index contributed by atoms with van der Waals surface area (Å²) in [5, 5.41) is 13.0. The average molecular weight is 276 g/mol. The van der Waals surface area contributed by atoms with Crippen LogP contribution in [0.1, 0.15) is 16.7 Å². The minimum atomic E-state index is 0.379. The lowest BCUT2D eigenvalue weighted by molar-refractivity contribution is 0.174. The summed E-state index contributed by atoms with van der Waals surface area (Å²) < 4.78 is 0. The molecule has 2 aromatic rings. The van der Waals surface area contributed by atoms with Crippen LogP contribution in [0.15, 0.2) is 72.4 Å². The Kier molecular flexibility index (Phi) is 5.31. The van der Waals surface area contributed by atoms with Gasteiger partial charge in [-0.15, -0.1) is 0 Å². The van der Waals surface area contributed by atoms with Crippen molar-refractivity contribution in [3.05, 3.63) is 83.9 Å². The van der Waals surface area contributed by atoms with Crippen LogP contribution in [0.3, 0.4) is 0 Å². The second kappa shape index (κ2) is 7.66. The fourth-order valence-electron chi connectivity index (χ4n) is 1.88. The Morgan fingerprint density at radius 1 is 1.14 bits per heavy atom. The Morgan fingerprint density at radius 2 is 1.86 bits per heavy atom. The van der Waals surface area contributed by atoms with Gasteiger partial charge >= 0.3 is 0 Å². The van der Waals surface area contributed by atoms with Crippen molar-refractivity contribution in [2.24, 2.45) is 5.16 Å². The lowest BCUT2D eigenvalue weighted by Gasteiger charge is -2.07. The minimum Gasteiger partial charge on any atom is -0.391 e. The van der Waals surface area contributed by atoms with Gasteiger partial charge in [-0.2, -0.15) is 5.26 Å². The largest absolute Gasteiger partial charge is 0.391 e. The summed E-state index contributed by atoms with van der Waals surface area (Å²) in [6, 6.07) is 19.5. The zero-order valence-corrected chi connectivity index (χ0v) is 11.7. The number of nitrogens with zero attached hydrogens (tertiary/aromatic N) is 2. The van der Waals surface area contributed by atoms with E-state index < -0.39 is 0 Å². The van der Waals surface area contributed by atoms with Gasteiger partial charge in [-0.1, -0.05) is 60.3 Å². The predicted molar refractivity (Wildman–Crippen MR) is 84.0 cm³/mol. The summed E-state index contributed by atoms with van der Waals surface area (Å²) in [7, 11) is 0. The SMILES string of the molecule is C=CCO/N=C(\Cc1ccc(C#N)cc1)c1ccccc1. The number of nitriles is 1. The van der Waals surface area contributed by atoms with Gasteiger partial charge in [-0.3, -0.25) is 0 Å². The number of benzene rings is 2. The lowest BCUT2D eigenvalue weighted by Crippen LogP contribution is -2.06. The van der Waals surface area contributed by atoms with E-state index in [1.165, 1.54) is 0 Å². The van der Waals surface area contributed by atoms with Crippen molar-refractivity contribution >= 4 is 5.71 Å². The van der Waals surface area contributed by atoms with E-state index in [2.05, 4.69) is 17.8 Å². The Balaban J connectivity index is 2.21. The van der Waals surface area contributed by atoms with Crippen LogP contribution in [0.25, 0.3) is 0 Å².